The predicted octanol–water partition coefficient (Wildman–Crippen LogP) is 4.20. The second kappa shape index (κ2) is 7.61. The maximum absolute atomic E-state index is 12.6. The maximum atomic E-state index is 12.6. The van der Waals surface area contributed by atoms with Crippen LogP contribution in [0.1, 0.15) is 31.8 Å². The zero-order chi connectivity index (χ0) is 18.5. The van der Waals surface area contributed by atoms with Gasteiger partial charge in [-0.15, -0.1) is 0 Å². The summed E-state index contributed by atoms with van der Waals surface area (Å²) in [5, 5.41) is 5.67. The number of nitrogens with zero attached hydrogens (tertiary/aromatic N) is 1. The van der Waals surface area contributed by atoms with Crippen LogP contribution >= 0.6 is 0 Å². The highest BCUT2D eigenvalue weighted by Gasteiger charge is 2.12. The van der Waals surface area contributed by atoms with Crippen LogP contribution in [-0.2, 0) is 0 Å². The minimum Gasteiger partial charge on any atom is -0.320 e. The number of benzene rings is 2. The summed E-state index contributed by atoms with van der Waals surface area (Å²) in [5.74, 6) is -0.512. The molecule has 0 aliphatic rings. The molecule has 3 rings (SSSR count). The second-order valence-electron chi connectivity index (χ2n) is 5.99. The highest BCUT2D eigenvalue weighted by molar-refractivity contribution is 6.09. The molecule has 0 radical (unpaired) electrons. The minimum atomic E-state index is -0.286. The quantitative estimate of drug-likeness (QED) is 0.744. The summed E-state index contributed by atoms with van der Waals surface area (Å²) in [4.78, 5) is 28.8. The van der Waals surface area contributed by atoms with E-state index in [1.54, 1.807) is 48.7 Å². The molecule has 0 saturated carbocycles. The van der Waals surface area contributed by atoms with E-state index in [1.807, 2.05) is 26.0 Å². The monoisotopic (exact) mass is 345 g/mol. The van der Waals surface area contributed by atoms with Crippen LogP contribution < -0.4 is 10.6 Å². The maximum Gasteiger partial charge on any atom is 0.257 e. The number of aryl methyl sites for hydroxylation is 2. The Hall–Kier alpha value is -3.47. The number of hydrogen-bond donors (Lipinski definition) is 2. The first kappa shape index (κ1) is 17.4. The average Bonchev–Trinajstić information content (AvgIpc) is 2.66. The summed E-state index contributed by atoms with van der Waals surface area (Å²) in [7, 11) is 0. The Kier molecular flexibility index (Phi) is 5.08. The Labute approximate surface area is 152 Å². The van der Waals surface area contributed by atoms with Crippen LogP contribution in [0.3, 0.4) is 0 Å². The number of carbonyl (C=O) groups excluding carboxylic acids is 2. The lowest BCUT2D eigenvalue weighted by Gasteiger charge is -2.13. The molecule has 0 fully saturated rings. The van der Waals surface area contributed by atoms with E-state index in [0.29, 0.717) is 22.5 Å². The molecule has 2 aromatic carbocycles. The lowest BCUT2D eigenvalue weighted by Crippen LogP contribution is -2.17. The number of carbonyl (C=O) groups is 2. The van der Waals surface area contributed by atoms with Crippen LogP contribution in [-0.4, -0.2) is 16.8 Å². The molecule has 3 aromatic rings. The van der Waals surface area contributed by atoms with Crippen LogP contribution in [0.25, 0.3) is 0 Å². The number of hydrogen-bond acceptors (Lipinski definition) is 3. The first-order valence-corrected chi connectivity index (χ1v) is 8.23. The fourth-order valence-corrected chi connectivity index (χ4v) is 2.47. The van der Waals surface area contributed by atoms with Gasteiger partial charge < -0.3 is 10.6 Å². The Bertz CT molecular complexity index is 952. The molecule has 2 amide bonds. The van der Waals surface area contributed by atoms with Crippen LogP contribution in [0.5, 0.6) is 0 Å². The summed E-state index contributed by atoms with van der Waals surface area (Å²) in [6.45, 7) is 3.97. The standard InChI is InChI=1S/C21H19N3O2/c1-14-9-10-16(12-15(14)2)20(25)23-18-7-3-4-8-19(18)24-21(26)17-6-5-11-22-13-17/h3-13H,1-2H3,(H,23,25)(H,24,26). The fraction of sp³-hybridized carbons (Fsp3) is 0.0952. The zero-order valence-electron chi connectivity index (χ0n) is 14.6. The van der Waals surface area contributed by atoms with Gasteiger partial charge in [0.15, 0.2) is 0 Å². The van der Waals surface area contributed by atoms with Gasteiger partial charge in [-0.1, -0.05) is 18.2 Å². The lowest BCUT2D eigenvalue weighted by atomic mass is 10.1. The molecule has 26 heavy (non-hydrogen) atoms. The molecule has 0 unspecified atom stereocenters. The van der Waals surface area contributed by atoms with Gasteiger partial charge in [0.2, 0.25) is 0 Å². The number of aromatic nitrogens is 1. The Morgan fingerprint density at radius 1 is 0.769 bits per heavy atom. The molecule has 130 valence electrons. The first-order valence-electron chi connectivity index (χ1n) is 8.23. The number of rotatable bonds is 4. The molecule has 5 nitrogen and oxygen atoms in total. The summed E-state index contributed by atoms with van der Waals surface area (Å²) in [6.07, 6.45) is 3.10. The van der Waals surface area contributed by atoms with E-state index in [0.717, 1.165) is 11.1 Å². The summed E-state index contributed by atoms with van der Waals surface area (Å²) in [5.41, 5.74) is 4.26. The van der Waals surface area contributed by atoms with Gasteiger partial charge in [0.1, 0.15) is 0 Å². The lowest BCUT2D eigenvalue weighted by molar-refractivity contribution is 0.101. The normalized spacial score (nSPS) is 10.2. The third-order valence-electron chi connectivity index (χ3n) is 4.12. The first-order chi connectivity index (χ1) is 12.5. The van der Waals surface area contributed by atoms with E-state index < -0.39 is 0 Å². The van der Waals surface area contributed by atoms with Gasteiger partial charge in [0.05, 0.1) is 16.9 Å². The highest BCUT2D eigenvalue weighted by atomic mass is 16.2. The van der Waals surface area contributed by atoms with Crippen molar-refractivity contribution in [2.45, 2.75) is 13.8 Å². The zero-order valence-corrected chi connectivity index (χ0v) is 14.6. The van der Waals surface area contributed by atoms with Crippen molar-refractivity contribution in [1.82, 2.24) is 4.98 Å². The molecule has 0 aliphatic carbocycles. The van der Waals surface area contributed by atoms with Crippen molar-refractivity contribution in [2.75, 3.05) is 10.6 Å². The summed E-state index contributed by atoms with van der Waals surface area (Å²) in [6, 6.07) is 16.0. The molecule has 2 N–H and O–H groups in total. The molecule has 0 bridgehead atoms. The number of amides is 2. The van der Waals surface area contributed by atoms with E-state index >= 15 is 0 Å². The van der Waals surface area contributed by atoms with E-state index in [2.05, 4.69) is 15.6 Å². The second-order valence-corrected chi connectivity index (χ2v) is 5.99. The van der Waals surface area contributed by atoms with Crippen LogP contribution in [0.2, 0.25) is 0 Å². The smallest absolute Gasteiger partial charge is 0.257 e. The number of para-hydroxylation sites is 2. The summed E-state index contributed by atoms with van der Waals surface area (Å²) >= 11 is 0. The molecular formula is C21H19N3O2. The van der Waals surface area contributed by atoms with Crippen molar-refractivity contribution in [3.63, 3.8) is 0 Å². The van der Waals surface area contributed by atoms with Crippen molar-refractivity contribution in [2.24, 2.45) is 0 Å². The third kappa shape index (κ3) is 3.95. The number of nitrogens with one attached hydrogen (secondary N) is 2. The van der Waals surface area contributed by atoms with E-state index in [1.165, 1.54) is 6.20 Å². The van der Waals surface area contributed by atoms with Gasteiger partial charge in [-0.3, -0.25) is 14.6 Å². The molecule has 0 atom stereocenters. The van der Waals surface area contributed by atoms with E-state index in [-0.39, 0.29) is 11.8 Å². The topological polar surface area (TPSA) is 71.1 Å². The van der Waals surface area contributed by atoms with Crippen LogP contribution in [0.15, 0.2) is 67.0 Å². The molecule has 0 saturated heterocycles. The van der Waals surface area contributed by atoms with Crippen molar-refractivity contribution in [1.29, 1.82) is 0 Å². The van der Waals surface area contributed by atoms with Crippen molar-refractivity contribution in [3.05, 3.63) is 89.2 Å². The Balaban J connectivity index is 1.79. The Morgan fingerprint density at radius 2 is 1.42 bits per heavy atom. The molecule has 1 aromatic heterocycles. The van der Waals surface area contributed by atoms with Gasteiger partial charge >= 0.3 is 0 Å². The minimum absolute atomic E-state index is 0.226. The van der Waals surface area contributed by atoms with Gasteiger partial charge in [-0.25, -0.2) is 0 Å². The molecule has 1 heterocycles. The fourth-order valence-electron chi connectivity index (χ4n) is 2.47. The number of pyridine rings is 1. The average molecular weight is 345 g/mol. The SMILES string of the molecule is Cc1ccc(C(=O)Nc2ccccc2NC(=O)c2cccnc2)cc1C. The highest BCUT2D eigenvalue weighted by Crippen LogP contribution is 2.23. The molecular weight excluding hydrogens is 326 g/mol. The van der Waals surface area contributed by atoms with Crippen LogP contribution in [0.4, 0.5) is 11.4 Å². The number of anilines is 2. The molecule has 0 aliphatic heterocycles. The van der Waals surface area contributed by atoms with Gasteiger partial charge in [-0.2, -0.15) is 0 Å². The van der Waals surface area contributed by atoms with Crippen molar-refractivity contribution in [3.8, 4) is 0 Å². The third-order valence-corrected chi connectivity index (χ3v) is 4.12. The van der Waals surface area contributed by atoms with E-state index in [9.17, 15) is 9.59 Å². The van der Waals surface area contributed by atoms with Crippen LogP contribution in [0, 0.1) is 13.8 Å². The molecule has 0 spiro atoms. The summed E-state index contributed by atoms with van der Waals surface area (Å²) < 4.78 is 0. The van der Waals surface area contributed by atoms with Gasteiger partial charge in [0, 0.05) is 18.0 Å². The van der Waals surface area contributed by atoms with Crippen molar-refractivity contribution < 1.29 is 9.59 Å². The van der Waals surface area contributed by atoms with Crippen molar-refractivity contribution >= 4 is 23.2 Å². The van der Waals surface area contributed by atoms with Gasteiger partial charge in [0.25, 0.3) is 11.8 Å². The molecule has 5 heteroatoms. The Morgan fingerprint density at radius 3 is 2.00 bits per heavy atom. The van der Waals surface area contributed by atoms with Gasteiger partial charge in [-0.05, 0) is 61.4 Å². The predicted molar refractivity (Wildman–Crippen MR) is 103 cm³/mol. The van der Waals surface area contributed by atoms with E-state index in [4.69, 9.17) is 0 Å². The largest absolute Gasteiger partial charge is 0.320 e.